The van der Waals surface area contributed by atoms with Crippen molar-refractivity contribution in [1.82, 2.24) is 5.06 Å². The lowest BCUT2D eigenvalue weighted by Crippen LogP contribution is -2.60. The molecule has 0 amide bonds. The van der Waals surface area contributed by atoms with E-state index in [0.717, 1.165) is 0 Å². The van der Waals surface area contributed by atoms with E-state index in [-0.39, 0.29) is 6.10 Å². The largest absolute Gasteiger partial charge is 0.697 e. The molecule has 0 aliphatic carbocycles. The molecule has 0 aromatic heterocycles. The van der Waals surface area contributed by atoms with Gasteiger partial charge in [0.15, 0.2) is 0 Å². The quantitative estimate of drug-likeness (QED) is 0.790. The van der Waals surface area contributed by atoms with Gasteiger partial charge in [-0.1, -0.05) is 0 Å². The van der Waals surface area contributed by atoms with E-state index < -0.39 is 19.3 Å². The van der Waals surface area contributed by atoms with Crippen LogP contribution in [-0.4, -0.2) is 34.1 Å². The Labute approximate surface area is 104 Å². The molecule has 100 valence electrons. The van der Waals surface area contributed by atoms with E-state index in [9.17, 15) is 9.77 Å². The molecule has 0 aromatic carbocycles. The molecule has 1 aliphatic heterocycles. The summed E-state index contributed by atoms with van der Waals surface area (Å²) in [6.07, 6.45) is 1.10. The van der Waals surface area contributed by atoms with E-state index in [1.54, 1.807) is 6.92 Å². The molecule has 0 radical (unpaired) electrons. The molecule has 1 saturated heterocycles. The van der Waals surface area contributed by atoms with Gasteiger partial charge in [-0.15, -0.1) is 9.05 Å². The average molecular weight is 264 g/mol. The molecule has 0 aromatic rings. The third kappa shape index (κ3) is 3.70. The summed E-state index contributed by atoms with van der Waals surface area (Å²) < 4.78 is 21.8. The summed E-state index contributed by atoms with van der Waals surface area (Å²) in [6.45, 7) is 9.92. The Morgan fingerprint density at radius 2 is 1.76 bits per heavy atom. The van der Waals surface area contributed by atoms with Crippen molar-refractivity contribution in [2.24, 2.45) is 0 Å². The third-order valence-corrected chi connectivity index (χ3v) is 4.01. The maximum atomic E-state index is 11.4. The van der Waals surface area contributed by atoms with Crippen LogP contribution in [0.3, 0.4) is 0 Å². The predicted octanol–water partition coefficient (Wildman–Crippen LogP) is 3.11. The van der Waals surface area contributed by atoms with Gasteiger partial charge in [-0.3, -0.25) is 0 Å². The lowest BCUT2D eigenvalue weighted by Gasteiger charge is -2.49. The van der Waals surface area contributed by atoms with Gasteiger partial charge in [0.1, 0.15) is 12.7 Å². The summed E-state index contributed by atoms with van der Waals surface area (Å²) in [6, 6.07) is 0. The zero-order chi connectivity index (χ0) is 13.3. The minimum Gasteiger partial charge on any atom is -0.313 e. The lowest BCUT2D eigenvalue weighted by atomic mass is 9.80. The average Bonchev–Trinajstić information content (AvgIpc) is 2.13. The molecule has 0 bridgehead atoms. The highest BCUT2D eigenvalue weighted by atomic mass is 31.1. The summed E-state index contributed by atoms with van der Waals surface area (Å²) in [5.41, 5.74) is -0.788. The van der Waals surface area contributed by atoms with Crippen molar-refractivity contribution in [3.63, 3.8) is 0 Å². The SMILES string of the molecule is CCO[P+](=O)OC1CC(C)(C)N(O)C(C)(C)C1. The van der Waals surface area contributed by atoms with E-state index in [2.05, 4.69) is 0 Å². The summed E-state index contributed by atoms with van der Waals surface area (Å²) in [4.78, 5) is 0. The van der Waals surface area contributed by atoms with Crippen LogP contribution in [0.4, 0.5) is 0 Å². The standard InChI is InChI=1S/C11H23NO4P/c1-6-15-17(14)16-9-7-10(2,3)12(13)11(4,5)8-9/h9,13H,6-8H2,1-5H3/q+1. The smallest absolute Gasteiger partial charge is 0.313 e. The second-order valence-electron chi connectivity index (χ2n) is 5.71. The topological polar surface area (TPSA) is 59.0 Å². The molecule has 6 heteroatoms. The minimum absolute atomic E-state index is 0.154. The van der Waals surface area contributed by atoms with E-state index >= 15 is 0 Å². The van der Waals surface area contributed by atoms with E-state index in [0.29, 0.717) is 19.4 Å². The Kier molecular flexibility index (Phi) is 4.67. The Bertz CT molecular complexity index is 275. The number of rotatable bonds is 4. The van der Waals surface area contributed by atoms with Crippen molar-refractivity contribution >= 4 is 8.25 Å². The fraction of sp³-hybridized carbons (Fsp3) is 1.00. The van der Waals surface area contributed by atoms with E-state index in [1.807, 2.05) is 27.7 Å². The highest BCUT2D eigenvalue weighted by Gasteiger charge is 2.48. The molecule has 1 N–H and O–H groups in total. The van der Waals surface area contributed by atoms with Crippen LogP contribution >= 0.6 is 8.25 Å². The fourth-order valence-corrected chi connectivity index (χ4v) is 3.18. The maximum Gasteiger partial charge on any atom is 0.697 e. The van der Waals surface area contributed by atoms with Gasteiger partial charge in [0.25, 0.3) is 0 Å². The van der Waals surface area contributed by atoms with Crippen LogP contribution in [0.2, 0.25) is 0 Å². The Morgan fingerprint density at radius 3 is 2.18 bits per heavy atom. The van der Waals surface area contributed by atoms with Crippen LogP contribution in [0, 0.1) is 0 Å². The molecule has 17 heavy (non-hydrogen) atoms. The lowest BCUT2D eigenvalue weighted by molar-refractivity contribution is -0.255. The summed E-state index contributed by atoms with van der Waals surface area (Å²) >= 11 is 0. The van der Waals surface area contributed by atoms with Crippen LogP contribution in [0.15, 0.2) is 0 Å². The first kappa shape index (κ1) is 15.0. The monoisotopic (exact) mass is 264 g/mol. The van der Waals surface area contributed by atoms with Crippen molar-refractivity contribution in [2.75, 3.05) is 6.61 Å². The van der Waals surface area contributed by atoms with Crippen LogP contribution in [0.1, 0.15) is 47.5 Å². The molecule has 0 saturated carbocycles. The molecule has 1 unspecified atom stereocenters. The zero-order valence-corrected chi connectivity index (χ0v) is 12.2. The molecule has 0 spiro atoms. The Hall–Kier alpha value is -0.0600. The number of hydrogen-bond donors (Lipinski definition) is 1. The van der Waals surface area contributed by atoms with Gasteiger partial charge in [-0.25, -0.2) is 0 Å². The first-order valence-corrected chi connectivity index (χ1v) is 7.05. The zero-order valence-electron chi connectivity index (χ0n) is 11.3. The van der Waals surface area contributed by atoms with E-state index in [1.165, 1.54) is 5.06 Å². The third-order valence-electron chi connectivity index (χ3n) is 3.07. The summed E-state index contributed by atoms with van der Waals surface area (Å²) in [7, 11) is -2.05. The minimum atomic E-state index is -2.05. The van der Waals surface area contributed by atoms with Gasteiger partial charge in [0.05, 0.1) is 0 Å². The summed E-state index contributed by atoms with van der Waals surface area (Å²) in [5, 5.41) is 11.5. The maximum absolute atomic E-state index is 11.4. The normalized spacial score (nSPS) is 25.9. The van der Waals surface area contributed by atoms with Gasteiger partial charge in [0.2, 0.25) is 0 Å². The van der Waals surface area contributed by atoms with Crippen molar-refractivity contribution < 1.29 is 18.8 Å². The molecule has 1 aliphatic rings. The molecule has 1 fully saturated rings. The molecular formula is C11H23NO4P+. The number of nitrogens with zero attached hydrogens (tertiary/aromatic N) is 1. The van der Waals surface area contributed by atoms with Crippen LogP contribution < -0.4 is 0 Å². The molecule has 5 nitrogen and oxygen atoms in total. The molecule has 1 rings (SSSR count). The van der Waals surface area contributed by atoms with Gasteiger partial charge in [-0.05, 0) is 47.5 Å². The number of piperidine rings is 1. The number of hydroxylamine groups is 2. The fourth-order valence-electron chi connectivity index (χ4n) is 2.51. The van der Waals surface area contributed by atoms with E-state index in [4.69, 9.17) is 9.05 Å². The van der Waals surface area contributed by atoms with Crippen LogP contribution in [0.5, 0.6) is 0 Å². The molecule has 1 heterocycles. The van der Waals surface area contributed by atoms with Crippen LogP contribution in [0.25, 0.3) is 0 Å². The highest BCUT2D eigenvalue weighted by molar-refractivity contribution is 7.33. The van der Waals surface area contributed by atoms with Crippen molar-refractivity contribution in [1.29, 1.82) is 0 Å². The van der Waals surface area contributed by atoms with Crippen molar-refractivity contribution in [3.05, 3.63) is 0 Å². The van der Waals surface area contributed by atoms with Crippen molar-refractivity contribution in [2.45, 2.75) is 64.6 Å². The Balaban J connectivity index is 2.68. The predicted molar refractivity (Wildman–Crippen MR) is 65.1 cm³/mol. The molecular weight excluding hydrogens is 241 g/mol. The van der Waals surface area contributed by atoms with Gasteiger partial charge >= 0.3 is 8.25 Å². The van der Waals surface area contributed by atoms with Gasteiger partial charge in [-0.2, -0.15) is 5.06 Å². The van der Waals surface area contributed by atoms with Gasteiger partial charge < -0.3 is 5.21 Å². The Morgan fingerprint density at radius 1 is 1.29 bits per heavy atom. The van der Waals surface area contributed by atoms with Crippen LogP contribution in [-0.2, 0) is 13.6 Å². The molecule has 1 atom stereocenters. The summed E-state index contributed by atoms with van der Waals surface area (Å²) in [5.74, 6) is 0. The first-order chi connectivity index (χ1) is 7.69. The second kappa shape index (κ2) is 5.29. The second-order valence-corrected chi connectivity index (χ2v) is 6.63. The first-order valence-electron chi connectivity index (χ1n) is 5.95. The van der Waals surface area contributed by atoms with Gasteiger partial charge in [0, 0.05) is 15.6 Å². The van der Waals surface area contributed by atoms with Crippen molar-refractivity contribution in [3.8, 4) is 0 Å². The number of hydrogen-bond acceptors (Lipinski definition) is 5. The highest BCUT2D eigenvalue weighted by Crippen LogP contribution is 2.41.